The van der Waals surface area contributed by atoms with Crippen molar-refractivity contribution in [3.63, 3.8) is 0 Å². The summed E-state index contributed by atoms with van der Waals surface area (Å²) in [4.78, 5) is 2.35. The van der Waals surface area contributed by atoms with E-state index in [2.05, 4.69) is 15.5 Å². The molecule has 0 aromatic carbocycles. The summed E-state index contributed by atoms with van der Waals surface area (Å²) >= 11 is 6.35. The standard InChI is InChI=1S/C19H33ClN4O3/c20-10-1-2-11-9(5-10)7-27-17(11)13-6-14(16(26)15(13)25)24-4-3-12-18(21)22-8-23-19(12)24/h9-19,22-23,25-26H,1-8,21H2/t9?,10?,11?,12?,13-,14+,15+,16-,17+,18?,19?/m0/s1. The molecule has 27 heavy (non-hydrogen) atoms. The summed E-state index contributed by atoms with van der Waals surface area (Å²) in [7, 11) is 0. The summed E-state index contributed by atoms with van der Waals surface area (Å²) in [6.07, 6.45) is 3.69. The first-order valence-electron chi connectivity index (χ1n) is 10.6. The first-order valence-corrected chi connectivity index (χ1v) is 11.1. The Balaban J connectivity index is 1.30. The number of likely N-dealkylation sites (tertiary alicyclic amines) is 1. The van der Waals surface area contributed by atoms with Crippen LogP contribution in [-0.2, 0) is 4.74 Å². The lowest BCUT2D eigenvalue weighted by Crippen LogP contribution is -2.64. The van der Waals surface area contributed by atoms with Crippen molar-refractivity contribution >= 4 is 11.6 Å². The van der Waals surface area contributed by atoms with E-state index in [9.17, 15) is 10.2 Å². The van der Waals surface area contributed by atoms with Crippen molar-refractivity contribution in [1.82, 2.24) is 15.5 Å². The molecule has 3 aliphatic heterocycles. The third kappa shape index (κ3) is 3.15. The number of fused-ring (bicyclic) bond motifs is 2. The lowest BCUT2D eigenvalue weighted by atomic mass is 9.74. The zero-order valence-corrected chi connectivity index (χ0v) is 16.5. The fourth-order valence-electron chi connectivity index (χ4n) is 6.64. The molecule has 6 unspecified atom stereocenters. The Morgan fingerprint density at radius 1 is 1.00 bits per heavy atom. The van der Waals surface area contributed by atoms with Crippen LogP contribution in [0.2, 0.25) is 0 Å². The second kappa shape index (κ2) is 7.36. The van der Waals surface area contributed by atoms with Crippen LogP contribution >= 0.6 is 11.6 Å². The Bertz CT molecular complexity index is 557. The maximum atomic E-state index is 10.9. The van der Waals surface area contributed by atoms with Crippen molar-refractivity contribution in [1.29, 1.82) is 0 Å². The predicted molar refractivity (Wildman–Crippen MR) is 102 cm³/mol. The number of ether oxygens (including phenoxy) is 1. The van der Waals surface area contributed by atoms with E-state index in [4.69, 9.17) is 22.1 Å². The Morgan fingerprint density at radius 3 is 2.70 bits per heavy atom. The molecule has 2 saturated carbocycles. The average molecular weight is 401 g/mol. The Morgan fingerprint density at radius 2 is 1.85 bits per heavy atom. The van der Waals surface area contributed by atoms with Crippen LogP contribution in [0.5, 0.6) is 0 Å². The molecule has 0 aromatic rings. The number of nitrogens with zero attached hydrogens (tertiary/aromatic N) is 1. The summed E-state index contributed by atoms with van der Waals surface area (Å²) < 4.78 is 6.19. The number of halogens is 1. The average Bonchev–Trinajstić information content (AvgIpc) is 3.33. The fourth-order valence-corrected chi connectivity index (χ4v) is 7.00. The summed E-state index contributed by atoms with van der Waals surface area (Å²) in [5.74, 6) is 1.33. The van der Waals surface area contributed by atoms with E-state index in [0.717, 1.165) is 45.3 Å². The lowest BCUT2D eigenvalue weighted by Gasteiger charge is -2.40. The number of nitrogens with one attached hydrogen (secondary N) is 2. The molecule has 7 nitrogen and oxygen atoms in total. The summed E-state index contributed by atoms with van der Waals surface area (Å²) in [6, 6.07) is -0.0372. The normalized spacial score (nSPS) is 56.2. The minimum Gasteiger partial charge on any atom is -0.390 e. The highest BCUT2D eigenvalue weighted by atomic mass is 35.5. The maximum absolute atomic E-state index is 10.9. The summed E-state index contributed by atoms with van der Waals surface area (Å²) in [5, 5.41) is 28.8. The van der Waals surface area contributed by atoms with E-state index >= 15 is 0 Å². The van der Waals surface area contributed by atoms with Gasteiger partial charge in [0.05, 0.1) is 37.3 Å². The van der Waals surface area contributed by atoms with Gasteiger partial charge in [-0.15, -0.1) is 11.6 Å². The van der Waals surface area contributed by atoms with Gasteiger partial charge in [0.15, 0.2) is 0 Å². The van der Waals surface area contributed by atoms with Crippen LogP contribution < -0.4 is 16.4 Å². The quantitative estimate of drug-likeness (QED) is 0.402. The molecule has 154 valence electrons. The molecule has 5 rings (SSSR count). The van der Waals surface area contributed by atoms with Gasteiger partial charge < -0.3 is 20.7 Å². The maximum Gasteiger partial charge on any atom is 0.0958 e. The van der Waals surface area contributed by atoms with Crippen LogP contribution in [0, 0.1) is 23.7 Å². The monoisotopic (exact) mass is 400 g/mol. The van der Waals surface area contributed by atoms with E-state index in [1.807, 2.05) is 0 Å². The SMILES string of the molecule is NC1NCNC2C1CCN2[C@@H]1C[C@H]([C@@H]2OCC3CC(Cl)CCC32)[C@@H](O)[C@H]1O. The van der Waals surface area contributed by atoms with Gasteiger partial charge in [-0.3, -0.25) is 15.5 Å². The summed E-state index contributed by atoms with van der Waals surface area (Å²) in [5.41, 5.74) is 6.23. The highest BCUT2D eigenvalue weighted by molar-refractivity contribution is 6.20. The molecule has 2 aliphatic carbocycles. The topological polar surface area (TPSA) is 103 Å². The van der Waals surface area contributed by atoms with E-state index in [1.54, 1.807) is 0 Å². The van der Waals surface area contributed by atoms with Gasteiger partial charge in [-0.25, -0.2) is 0 Å². The van der Waals surface area contributed by atoms with Gasteiger partial charge in [0.1, 0.15) is 0 Å². The van der Waals surface area contributed by atoms with E-state index < -0.39 is 12.2 Å². The Kier molecular flexibility index (Phi) is 5.18. The molecule has 0 amide bonds. The van der Waals surface area contributed by atoms with Crippen LogP contribution in [0.4, 0.5) is 0 Å². The Labute approximate surface area is 165 Å². The zero-order chi connectivity index (χ0) is 18.7. The van der Waals surface area contributed by atoms with Gasteiger partial charge in [0.25, 0.3) is 0 Å². The molecule has 6 N–H and O–H groups in total. The smallest absolute Gasteiger partial charge is 0.0958 e. The van der Waals surface area contributed by atoms with E-state index in [-0.39, 0.29) is 35.8 Å². The van der Waals surface area contributed by atoms with E-state index in [0.29, 0.717) is 24.4 Å². The van der Waals surface area contributed by atoms with Crippen molar-refractivity contribution in [2.24, 2.45) is 29.4 Å². The van der Waals surface area contributed by atoms with Gasteiger partial charge in [-0.1, -0.05) is 0 Å². The van der Waals surface area contributed by atoms with Gasteiger partial charge in [0, 0.05) is 36.5 Å². The Hall–Kier alpha value is 0.01000. The fraction of sp³-hybridized carbons (Fsp3) is 1.00. The number of hydrogen-bond donors (Lipinski definition) is 5. The number of aliphatic hydroxyl groups is 2. The minimum absolute atomic E-state index is 0.00122. The van der Waals surface area contributed by atoms with Crippen molar-refractivity contribution in [2.45, 2.75) is 74.2 Å². The predicted octanol–water partition coefficient (Wildman–Crippen LogP) is -0.398. The lowest BCUT2D eigenvalue weighted by molar-refractivity contribution is -0.0505. The molecule has 5 fully saturated rings. The van der Waals surface area contributed by atoms with E-state index in [1.165, 1.54) is 0 Å². The molecule has 0 spiro atoms. The van der Waals surface area contributed by atoms with Crippen LogP contribution in [-0.4, -0.2) is 77.0 Å². The van der Waals surface area contributed by atoms with Crippen LogP contribution in [0.1, 0.15) is 32.1 Å². The van der Waals surface area contributed by atoms with Crippen molar-refractivity contribution < 1.29 is 14.9 Å². The number of aliphatic hydroxyl groups excluding tert-OH is 2. The number of rotatable bonds is 2. The van der Waals surface area contributed by atoms with Crippen LogP contribution in [0.3, 0.4) is 0 Å². The third-order valence-electron chi connectivity index (χ3n) is 8.04. The van der Waals surface area contributed by atoms with Crippen LogP contribution in [0.15, 0.2) is 0 Å². The largest absolute Gasteiger partial charge is 0.390 e. The molecule has 0 aromatic heterocycles. The number of hydrogen-bond acceptors (Lipinski definition) is 7. The second-order valence-corrected chi connectivity index (χ2v) is 9.94. The van der Waals surface area contributed by atoms with Gasteiger partial charge in [-0.05, 0) is 43.9 Å². The van der Waals surface area contributed by atoms with Crippen molar-refractivity contribution in [3.8, 4) is 0 Å². The molecule has 11 atom stereocenters. The van der Waals surface area contributed by atoms with Gasteiger partial charge >= 0.3 is 0 Å². The second-order valence-electron chi connectivity index (χ2n) is 9.33. The number of nitrogens with two attached hydrogens (primary N) is 1. The molecule has 3 saturated heterocycles. The zero-order valence-electron chi connectivity index (χ0n) is 15.7. The molecule has 3 heterocycles. The van der Waals surface area contributed by atoms with Gasteiger partial charge in [0.2, 0.25) is 0 Å². The third-order valence-corrected chi connectivity index (χ3v) is 8.44. The van der Waals surface area contributed by atoms with Gasteiger partial charge in [-0.2, -0.15) is 0 Å². The first-order chi connectivity index (χ1) is 13.0. The molecular formula is C19H33ClN4O3. The van der Waals surface area contributed by atoms with Crippen LogP contribution in [0.25, 0.3) is 0 Å². The molecule has 0 bridgehead atoms. The highest BCUT2D eigenvalue weighted by Gasteiger charge is 2.55. The number of alkyl halides is 1. The summed E-state index contributed by atoms with van der Waals surface area (Å²) in [6.45, 7) is 2.34. The molecular weight excluding hydrogens is 368 g/mol. The highest BCUT2D eigenvalue weighted by Crippen LogP contribution is 2.47. The molecule has 5 aliphatic rings. The molecule has 8 heteroatoms. The first kappa shape index (κ1) is 19.0. The van der Waals surface area contributed by atoms with Crippen molar-refractivity contribution in [3.05, 3.63) is 0 Å². The molecule has 0 radical (unpaired) electrons. The minimum atomic E-state index is -0.728. The van der Waals surface area contributed by atoms with Crippen molar-refractivity contribution in [2.75, 3.05) is 19.8 Å².